The Labute approximate surface area is 168 Å². The van der Waals surface area contributed by atoms with Gasteiger partial charge < -0.3 is 25.2 Å². The third-order valence-corrected chi connectivity index (χ3v) is 6.14. The summed E-state index contributed by atoms with van der Waals surface area (Å²) in [6.07, 6.45) is 15.1. The van der Waals surface area contributed by atoms with Gasteiger partial charge in [0.15, 0.2) is 0 Å². The lowest BCUT2D eigenvalue weighted by molar-refractivity contribution is -0.141. The van der Waals surface area contributed by atoms with Gasteiger partial charge in [-0.15, -0.1) is 0 Å². The van der Waals surface area contributed by atoms with Gasteiger partial charge in [-0.2, -0.15) is 0 Å². The number of hydrogen-bond acceptors (Lipinski definition) is 5. The Morgan fingerprint density at radius 2 is 1.39 bits per heavy atom. The number of ether oxygens (including phenoxy) is 2. The third kappa shape index (κ3) is 8.35. The Kier molecular flexibility index (Phi) is 10.6. The fourth-order valence-electron chi connectivity index (χ4n) is 4.49. The fraction of sp³-hybridized carbons (Fsp3) is 0.905. The first kappa shape index (κ1) is 22.9. The molecule has 7 heteroatoms. The van der Waals surface area contributed by atoms with Crippen molar-refractivity contribution < 1.29 is 24.2 Å². The molecule has 1 heterocycles. The van der Waals surface area contributed by atoms with Gasteiger partial charge in [0.25, 0.3) is 0 Å². The summed E-state index contributed by atoms with van der Waals surface area (Å²) in [5, 5.41) is 15.1. The zero-order valence-electron chi connectivity index (χ0n) is 17.3. The number of aliphatic carboxylic acids is 1. The minimum Gasteiger partial charge on any atom is -0.480 e. The van der Waals surface area contributed by atoms with Crippen LogP contribution in [-0.2, 0) is 14.3 Å². The van der Waals surface area contributed by atoms with E-state index in [9.17, 15) is 9.59 Å². The molecule has 1 aliphatic heterocycles. The first-order valence-corrected chi connectivity index (χ1v) is 11.0. The molecule has 28 heavy (non-hydrogen) atoms. The summed E-state index contributed by atoms with van der Waals surface area (Å²) in [6, 6.07) is 0.857. The van der Waals surface area contributed by atoms with E-state index in [2.05, 4.69) is 15.4 Å². The average Bonchev–Trinajstić information content (AvgIpc) is 2.74. The zero-order valence-corrected chi connectivity index (χ0v) is 17.3. The van der Waals surface area contributed by atoms with E-state index in [4.69, 9.17) is 9.84 Å². The van der Waals surface area contributed by atoms with Crippen molar-refractivity contribution in [3.63, 3.8) is 0 Å². The predicted molar refractivity (Wildman–Crippen MR) is 107 cm³/mol. The van der Waals surface area contributed by atoms with Crippen LogP contribution in [0.2, 0.25) is 0 Å². The summed E-state index contributed by atoms with van der Waals surface area (Å²) >= 11 is 0. The number of rotatable bonds is 5. The monoisotopic (exact) mass is 398 g/mol. The van der Waals surface area contributed by atoms with Crippen molar-refractivity contribution in [2.45, 2.75) is 95.2 Å². The SMILES string of the molecule is C1CCC(NC2CCCCC2)CC1.COC(=O)N[C@@H](C(=O)O)C1CCOCC1. The number of amides is 1. The van der Waals surface area contributed by atoms with Crippen molar-refractivity contribution in [1.82, 2.24) is 10.6 Å². The number of hydrogen-bond donors (Lipinski definition) is 3. The van der Waals surface area contributed by atoms with Gasteiger partial charge in [-0.05, 0) is 44.4 Å². The highest BCUT2D eigenvalue weighted by Gasteiger charge is 2.31. The van der Waals surface area contributed by atoms with E-state index < -0.39 is 18.1 Å². The van der Waals surface area contributed by atoms with E-state index in [1.54, 1.807) is 0 Å². The van der Waals surface area contributed by atoms with Gasteiger partial charge in [0, 0.05) is 25.3 Å². The Balaban J connectivity index is 0.000000202. The molecule has 2 saturated carbocycles. The van der Waals surface area contributed by atoms with Gasteiger partial charge in [-0.25, -0.2) is 9.59 Å². The minimum absolute atomic E-state index is 0.0876. The summed E-state index contributed by atoms with van der Waals surface area (Å²) in [5.41, 5.74) is 0. The first-order chi connectivity index (χ1) is 13.6. The van der Waals surface area contributed by atoms with Crippen molar-refractivity contribution in [2.75, 3.05) is 20.3 Å². The van der Waals surface area contributed by atoms with Crippen LogP contribution in [0.1, 0.15) is 77.0 Å². The molecule has 0 bridgehead atoms. The van der Waals surface area contributed by atoms with Gasteiger partial charge in [0.2, 0.25) is 0 Å². The van der Waals surface area contributed by atoms with E-state index in [1.165, 1.54) is 71.3 Å². The van der Waals surface area contributed by atoms with Crippen LogP contribution in [0.25, 0.3) is 0 Å². The molecular formula is C21H38N2O5. The van der Waals surface area contributed by atoms with Crippen LogP contribution in [-0.4, -0.2) is 55.6 Å². The fourth-order valence-corrected chi connectivity index (χ4v) is 4.49. The van der Waals surface area contributed by atoms with Crippen LogP contribution >= 0.6 is 0 Å². The van der Waals surface area contributed by atoms with Crippen LogP contribution < -0.4 is 10.6 Å². The molecule has 0 aromatic carbocycles. The quantitative estimate of drug-likeness (QED) is 0.656. The Morgan fingerprint density at radius 3 is 1.82 bits per heavy atom. The Morgan fingerprint density at radius 1 is 0.893 bits per heavy atom. The van der Waals surface area contributed by atoms with Crippen LogP contribution in [0.4, 0.5) is 4.79 Å². The number of carboxylic acid groups (broad SMARTS) is 1. The summed E-state index contributed by atoms with van der Waals surface area (Å²) in [7, 11) is 1.21. The van der Waals surface area contributed by atoms with Crippen molar-refractivity contribution in [3.05, 3.63) is 0 Å². The second kappa shape index (κ2) is 13.0. The lowest BCUT2D eigenvalue weighted by Gasteiger charge is -2.30. The summed E-state index contributed by atoms with van der Waals surface area (Å²) < 4.78 is 9.50. The van der Waals surface area contributed by atoms with Gasteiger partial charge in [0.05, 0.1) is 7.11 Å². The van der Waals surface area contributed by atoms with E-state index >= 15 is 0 Å². The molecule has 162 valence electrons. The Bertz CT molecular complexity index is 440. The van der Waals surface area contributed by atoms with E-state index in [1.807, 2.05) is 0 Å². The minimum atomic E-state index is -1.03. The van der Waals surface area contributed by atoms with Crippen molar-refractivity contribution in [2.24, 2.45) is 5.92 Å². The highest BCUT2D eigenvalue weighted by Crippen LogP contribution is 2.22. The standard InChI is InChI=1S/C12H23N.C9H15NO5/c1-3-7-11(8-4-1)13-12-9-5-2-6-10-12;1-14-9(13)10-7(8(11)12)6-2-4-15-5-3-6/h11-13H,1-10H2;6-7H,2-5H2,1H3,(H,10,13)(H,11,12)/t;7-/m.1/s1. The van der Waals surface area contributed by atoms with Gasteiger partial charge in [0.1, 0.15) is 6.04 Å². The molecule has 3 fully saturated rings. The predicted octanol–water partition coefficient (Wildman–Crippen LogP) is 3.46. The molecule has 1 amide bonds. The maximum Gasteiger partial charge on any atom is 0.407 e. The molecule has 0 aromatic rings. The number of alkyl carbamates (subject to hydrolysis) is 1. The van der Waals surface area contributed by atoms with Gasteiger partial charge >= 0.3 is 12.1 Å². The van der Waals surface area contributed by atoms with Crippen molar-refractivity contribution >= 4 is 12.1 Å². The number of methoxy groups -OCH3 is 1. The van der Waals surface area contributed by atoms with E-state index in [-0.39, 0.29) is 5.92 Å². The summed E-state index contributed by atoms with van der Waals surface area (Å²) in [4.78, 5) is 21.9. The second-order valence-corrected chi connectivity index (χ2v) is 8.24. The number of carboxylic acids is 1. The second-order valence-electron chi connectivity index (χ2n) is 8.24. The molecule has 3 rings (SSSR count). The lowest BCUT2D eigenvalue weighted by Crippen LogP contribution is -2.47. The largest absolute Gasteiger partial charge is 0.480 e. The van der Waals surface area contributed by atoms with Crippen molar-refractivity contribution in [3.8, 4) is 0 Å². The molecule has 3 N–H and O–H groups in total. The highest BCUT2D eigenvalue weighted by atomic mass is 16.5. The first-order valence-electron chi connectivity index (χ1n) is 11.0. The average molecular weight is 399 g/mol. The van der Waals surface area contributed by atoms with E-state index in [0.29, 0.717) is 26.1 Å². The third-order valence-electron chi connectivity index (χ3n) is 6.14. The maximum atomic E-state index is 10.9. The van der Waals surface area contributed by atoms with Crippen LogP contribution in [0.15, 0.2) is 0 Å². The lowest BCUT2D eigenvalue weighted by atomic mass is 9.91. The smallest absolute Gasteiger partial charge is 0.407 e. The normalized spacial score (nSPS) is 23.2. The molecular weight excluding hydrogens is 360 g/mol. The number of carbonyl (C=O) groups is 2. The summed E-state index contributed by atoms with van der Waals surface area (Å²) in [5.74, 6) is -1.12. The molecule has 3 aliphatic rings. The zero-order chi connectivity index (χ0) is 20.2. The molecule has 0 aromatic heterocycles. The number of carbonyl (C=O) groups excluding carboxylic acids is 1. The molecule has 7 nitrogen and oxygen atoms in total. The van der Waals surface area contributed by atoms with Gasteiger partial charge in [-0.1, -0.05) is 38.5 Å². The molecule has 0 radical (unpaired) electrons. The topological polar surface area (TPSA) is 96.9 Å². The number of nitrogens with one attached hydrogen (secondary N) is 2. The molecule has 2 aliphatic carbocycles. The molecule has 0 unspecified atom stereocenters. The van der Waals surface area contributed by atoms with E-state index in [0.717, 1.165) is 12.1 Å². The summed E-state index contributed by atoms with van der Waals surface area (Å²) in [6.45, 7) is 1.08. The Hall–Kier alpha value is -1.34. The highest BCUT2D eigenvalue weighted by molar-refractivity contribution is 5.80. The van der Waals surface area contributed by atoms with Crippen molar-refractivity contribution in [1.29, 1.82) is 0 Å². The molecule has 1 atom stereocenters. The van der Waals surface area contributed by atoms with Crippen LogP contribution in [0, 0.1) is 5.92 Å². The van der Waals surface area contributed by atoms with Crippen LogP contribution in [0.5, 0.6) is 0 Å². The maximum absolute atomic E-state index is 10.9. The molecule has 0 spiro atoms. The molecule has 1 saturated heterocycles. The van der Waals surface area contributed by atoms with Crippen LogP contribution in [0.3, 0.4) is 0 Å². The van der Waals surface area contributed by atoms with Gasteiger partial charge in [-0.3, -0.25) is 0 Å².